The maximum atomic E-state index is 5.34. The number of hydrogen-bond acceptors (Lipinski definition) is 6. The summed E-state index contributed by atoms with van der Waals surface area (Å²) in [7, 11) is 3.21. The molecule has 6 nitrogen and oxygen atoms in total. The third kappa shape index (κ3) is 2.76. The number of anilines is 1. The largest absolute Gasteiger partial charge is 0.493 e. The van der Waals surface area contributed by atoms with Gasteiger partial charge < -0.3 is 14.8 Å². The number of nitrogens with one attached hydrogen (secondary N) is 1. The minimum Gasteiger partial charge on any atom is -0.493 e. The lowest BCUT2D eigenvalue weighted by Crippen LogP contribution is -2.03. The van der Waals surface area contributed by atoms with Gasteiger partial charge in [0.1, 0.15) is 12.1 Å². The molecule has 1 N–H and O–H groups in total. The number of ether oxygens (including phenoxy) is 2. The molecule has 0 amide bonds. The summed E-state index contributed by atoms with van der Waals surface area (Å²) in [6.07, 6.45) is 5.10. The second-order valence-corrected chi connectivity index (χ2v) is 4.66. The number of aromatic nitrogens is 3. The third-order valence-electron chi connectivity index (χ3n) is 3.32. The first kappa shape index (κ1) is 14.1. The van der Waals surface area contributed by atoms with E-state index in [9.17, 15) is 0 Å². The van der Waals surface area contributed by atoms with E-state index < -0.39 is 0 Å². The van der Waals surface area contributed by atoms with Crippen molar-refractivity contribution < 1.29 is 9.47 Å². The van der Waals surface area contributed by atoms with E-state index in [2.05, 4.69) is 20.3 Å². The topological polar surface area (TPSA) is 69.2 Å². The number of pyridine rings is 1. The molecule has 1 aromatic carbocycles. The molecular weight excluding hydrogens is 280 g/mol. The van der Waals surface area contributed by atoms with Crippen molar-refractivity contribution in [2.45, 2.75) is 6.54 Å². The first-order valence-corrected chi connectivity index (χ1v) is 6.81. The van der Waals surface area contributed by atoms with Gasteiger partial charge in [0.05, 0.1) is 19.7 Å². The predicted octanol–water partition coefficient (Wildman–Crippen LogP) is 2.65. The molecule has 0 radical (unpaired) electrons. The molecule has 0 saturated heterocycles. The highest BCUT2D eigenvalue weighted by Crippen LogP contribution is 2.33. The van der Waals surface area contributed by atoms with Crippen molar-refractivity contribution in [1.82, 2.24) is 15.0 Å². The summed E-state index contributed by atoms with van der Waals surface area (Å²) in [6.45, 7) is 0.633. The standard InChI is InChI=1S/C16H16N4O2/c1-21-14-6-12-13(7-15(14)22-2)19-10-20-16(12)18-9-11-4-3-5-17-8-11/h3-8,10H,9H2,1-2H3,(H,18,19,20). The van der Waals surface area contributed by atoms with Crippen LogP contribution in [0.1, 0.15) is 5.56 Å². The molecule has 0 unspecified atom stereocenters. The Hall–Kier alpha value is -2.89. The van der Waals surface area contributed by atoms with Crippen LogP contribution in [-0.2, 0) is 6.54 Å². The van der Waals surface area contributed by atoms with E-state index in [0.717, 1.165) is 22.3 Å². The molecule has 2 heterocycles. The summed E-state index contributed by atoms with van der Waals surface area (Å²) < 4.78 is 10.6. The van der Waals surface area contributed by atoms with Crippen LogP contribution in [0.2, 0.25) is 0 Å². The Morgan fingerprint density at radius 1 is 1.09 bits per heavy atom. The number of methoxy groups -OCH3 is 2. The van der Waals surface area contributed by atoms with Gasteiger partial charge in [-0.3, -0.25) is 4.98 Å². The van der Waals surface area contributed by atoms with E-state index in [1.165, 1.54) is 6.33 Å². The Bertz CT molecular complexity index is 778. The molecule has 2 aromatic heterocycles. The SMILES string of the molecule is COc1cc2ncnc(NCc3cccnc3)c2cc1OC. The van der Waals surface area contributed by atoms with Crippen LogP contribution in [0, 0.1) is 0 Å². The van der Waals surface area contributed by atoms with Crippen LogP contribution >= 0.6 is 0 Å². The molecule has 0 bridgehead atoms. The van der Waals surface area contributed by atoms with Crippen LogP contribution in [0.15, 0.2) is 43.0 Å². The minimum atomic E-state index is 0.633. The molecular formula is C16H16N4O2. The van der Waals surface area contributed by atoms with Gasteiger partial charge in [0.15, 0.2) is 11.5 Å². The number of fused-ring (bicyclic) bond motifs is 1. The summed E-state index contributed by atoms with van der Waals surface area (Å²) in [5, 5.41) is 4.18. The van der Waals surface area contributed by atoms with Gasteiger partial charge >= 0.3 is 0 Å². The molecule has 0 fully saturated rings. The quantitative estimate of drug-likeness (QED) is 0.780. The molecule has 0 aliphatic heterocycles. The second-order valence-electron chi connectivity index (χ2n) is 4.66. The van der Waals surface area contributed by atoms with E-state index in [0.29, 0.717) is 18.0 Å². The Morgan fingerprint density at radius 3 is 2.64 bits per heavy atom. The average Bonchev–Trinajstić information content (AvgIpc) is 2.59. The first-order valence-electron chi connectivity index (χ1n) is 6.81. The van der Waals surface area contributed by atoms with Crippen molar-refractivity contribution in [3.63, 3.8) is 0 Å². The van der Waals surface area contributed by atoms with Crippen molar-refractivity contribution in [3.8, 4) is 11.5 Å². The zero-order chi connectivity index (χ0) is 15.4. The molecule has 22 heavy (non-hydrogen) atoms. The number of benzene rings is 1. The summed E-state index contributed by atoms with van der Waals surface area (Å²) in [5.41, 5.74) is 1.87. The Balaban J connectivity index is 1.95. The van der Waals surface area contributed by atoms with Gasteiger partial charge in [0, 0.05) is 30.4 Å². The van der Waals surface area contributed by atoms with E-state index in [4.69, 9.17) is 9.47 Å². The summed E-state index contributed by atoms with van der Waals surface area (Å²) >= 11 is 0. The highest BCUT2D eigenvalue weighted by atomic mass is 16.5. The lowest BCUT2D eigenvalue weighted by molar-refractivity contribution is 0.356. The molecule has 0 aliphatic rings. The van der Waals surface area contributed by atoms with Gasteiger partial charge in [-0.25, -0.2) is 9.97 Å². The van der Waals surface area contributed by atoms with Crippen LogP contribution in [0.3, 0.4) is 0 Å². The molecule has 112 valence electrons. The van der Waals surface area contributed by atoms with Crippen LogP contribution in [-0.4, -0.2) is 29.2 Å². The van der Waals surface area contributed by atoms with E-state index >= 15 is 0 Å². The molecule has 3 rings (SSSR count). The maximum Gasteiger partial charge on any atom is 0.162 e. The third-order valence-corrected chi connectivity index (χ3v) is 3.32. The van der Waals surface area contributed by atoms with Crippen molar-refractivity contribution in [2.24, 2.45) is 0 Å². The van der Waals surface area contributed by atoms with Gasteiger partial charge in [-0.05, 0) is 17.7 Å². The first-order chi connectivity index (χ1) is 10.8. The van der Waals surface area contributed by atoms with Crippen molar-refractivity contribution in [2.75, 3.05) is 19.5 Å². The zero-order valence-corrected chi connectivity index (χ0v) is 12.4. The minimum absolute atomic E-state index is 0.633. The summed E-state index contributed by atoms with van der Waals surface area (Å²) in [4.78, 5) is 12.7. The Kier molecular flexibility index (Phi) is 4.00. The van der Waals surface area contributed by atoms with E-state index in [-0.39, 0.29) is 0 Å². The van der Waals surface area contributed by atoms with E-state index in [1.54, 1.807) is 20.4 Å². The van der Waals surface area contributed by atoms with Crippen molar-refractivity contribution >= 4 is 16.7 Å². The molecule has 3 aromatic rings. The predicted molar refractivity (Wildman–Crippen MR) is 84.2 cm³/mol. The van der Waals surface area contributed by atoms with Gasteiger partial charge in [-0.2, -0.15) is 0 Å². The van der Waals surface area contributed by atoms with Crippen LogP contribution < -0.4 is 14.8 Å². The van der Waals surface area contributed by atoms with Gasteiger partial charge in [-0.15, -0.1) is 0 Å². The van der Waals surface area contributed by atoms with Crippen LogP contribution in [0.25, 0.3) is 10.9 Å². The smallest absolute Gasteiger partial charge is 0.162 e. The molecule has 6 heteroatoms. The fourth-order valence-electron chi connectivity index (χ4n) is 2.21. The maximum absolute atomic E-state index is 5.34. The normalized spacial score (nSPS) is 10.5. The zero-order valence-electron chi connectivity index (χ0n) is 12.4. The fourth-order valence-corrected chi connectivity index (χ4v) is 2.21. The Labute approximate surface area is 128 Å². The summed E-state index contributed by atoms with van der Waals surface area (Å²) in [6, 6.07) is 7.63. The lowest BCUT2D eigenvalue weighted by atomic mass is 10.2. The second kappa shape index (κ2) is 6.26. The highest BCUT2D eigenvalue weighted by molar-refractivity contribution is 5.91. The summed E-state index contributed by atoms with van der Waals surface area (Å²) in [5.74, 6) is 2.04. The molecule has 0 atom stereocenters. The highest BCUT2D eigenvalue weighted by Gasteiger charge is 2.10. The average molecular weight is 296 g/mol. The van der Waals surface area contributed by atoms with Crippen LogP contribution in [0.4, 0.5) is 5.82 Å². The monoisotopic (exact) mass is 296 g/mol. The number of nitrogens with zero attached hydrogens (tertiary/aromatic N) is 3. The van der Waals surface area contributed by atoms with Gasteiger partial charge in [0.2, 0.25) is 0 Å². The Morgan fingerprint density at radius 2 is 1.91 bits per heavy atom. The molecule has 0 aliphatic carbocycles. The molecule has 0 saturated carbocycles. The van der Waals surface area contributed by atoms with Gasteiger partial charge in [-0.1, -0.05) is 6.07 Å². The van der Waals surface area contributed by atoms with Gasteiger partial charge in [0.25, 0.3) is 0 Å². The lowest BCUT2D eigenvalue weighted by Gasteiger charge is -2.12. The van der Waals surface area contributed by atoms with Crippen molar-refractivity contribution in [1.29, 1.82) is 0 Å². The van der Waals surface area contributed by atoms with Crippen LogP contribution in [0.5, 0.6) is 11.5 Å². The molecule has 0 spiro atoms. The van der Waals surface area contributed by atoms with Crippen molar-refractivity contribution in [3.05, 3.63) is 48.5 Å². The number of hydrogen-bond donors (Lipinski definition) is 1. The number of rotatable bonds is 5. The van der Waals surface area contributed by atoms with E-state index in [1.807, 2.05) is 30.5 Å². The fraction of sp³-hybridized carbons (Fsp3) is 0.188.